The van der Waals surface area contributed by atoms with Crippen LogP contribution in [0, 0.1) is 11.2 Å². The van der Waals surface area contributed by atoms with Crippen LogP contribution in [0.1, 0.15) is 12.5 Å². The average Bonchev–Trinajstić information content (AvgIpc) is 2.43. The number of amides is 2. The Hall–Kier alpha value is -1.62. The molecule has 1 aliphatic heterocycles. The second-order valence-corrected chi connectivity index (χ2v) is 4.47. The molecule has 1 aromatic carbocycles. The molecule has 1 saturated heterocycles. The molecular formula is C11H11ClFN3O. The molecule has 2 amide bonds. The number of halogens is 2. The Morgan fingerprint density at radius 3 is 2.65 bits per heavy atom. The fraction of sp³-hybridized carbons (Fsp3) is 0.273. The lowest BCUT2D eigenvalue weighted by Crippen LogP contribution is -2.41. The predicted octanol–water partition coefficient (Wildman–Crippen LogP) is 2.33. The second-order valence-electron chi connectivity index (χ2n) is 4.06. The van der Waals surface area contributed by atoms with E-state index in [0.29, 0.717) is 5.56 Å². The van der Waals surface area contributed by atoms with Gasteiger partial charge in [-0.3, -0.25) is 10.7 Å². The largest absolute Gasteiger partial charge is 0.323 e. The summed E-state index contributed by atoms with van der Waals surface area (Å²) in [6, 6.07) is 3.55. The Balaban J connectivity index is 2.58. The minimum absolute atomic E-state index is 0.0264. The normalized spacial score (nSPS) is 24.1. The van der Waals surface area contributed by atoms with Gasteiger partial charge < -0.3 is 4.90 Å². The smallest absolute Gasteiger partial charge is 0.311 e. The van der Waals surface area contributed by atoms with Crippen LogP contribution < -0.4 is 5.32 Å². The molecule has 0 spiro atoms. The van der Waals surface area contributed by atoms with E-state index < -0.39 is 11.4 Å². The first-order valence-corrected chi connectivity index (χ1v) is 5.34. The second kappa shape index (κ2) is 3.70. The number of hydrogen-bond acceptors (Lipinski definition) is 2. The van der Waals surface area contributed by atoms with Gasteiger partial charge in [0.15, 0.2) is 0 Å². The van der Waals surface area contributed by atoms with E-state index in [1.54, 1.807) is 14.0 Å². The molecule has 1 aliphatic rings. The third kappa shape index (κ3) is 1.58. The molecule has 6 heteroatoms. The Morgan fingerprint density at radius 2 is 2.18 bits per heavy atom. The SMILES string of the molecule is CN1C(=O)NC(=N)C1(C)c1ccc(F)cc1Cl. The van der Waals surface area contributed by atoms with E-state index in [1.807, 2.05) is 0 Å². The Kier molecular flexibility index (Phi) is 2.58. The number of rotatable bonds is 1. The van der Waals surface area contributed by atoms with Gasteiger partial charge in [0.05, 0.1) is 0 Å². The molecule has 17 heavy (non-hydrogen) atoms. The van der Waals surface area contributed by atoms with E-state index in [9.17, 15) is 9.18 Å². The first kappa shape index (κ1) is 11.9. The van der Waals surface area contributed by atoms with E-state index in [2.05, 4.69) is 5.32 Å². The Morgan fingerprint density at radius 1 is 1.53 bits per heavy atom. The van der Waals surface area contributed by atoms with Crippen molar-refractivity contribution in [3.8, 4) is 0 Å². The van der Waals surface area contributed by atoms with Gasteiger partial charge in [0.25, 0.3) is 0 Å². The van der Waals surface area contributed by atoms with Crippen molar-refractivity contribution in [2.24, 2.45) is 0 Å². The van der Waals surface area contributed by atoms with E-state index >= 15 is 0 Å². The summed E-state index contributed by atoms with van der Waals surface area (Å²) in [5.74, 6) is -0.424. The molecule has 1 heterocycles. The zero-order valence-corrected chi connectivity index (χ0v) is 10.1. The zero-order valence-electron chi connectivity index (χ0n) is 9.34. The third-order valence-electron chi connectivity index (χ3n) is 3.15. The summed E-state index contributed by atoms with van der Waals surface area (Å²) in [7, 11) is 1.57. The van der Waals surface area contributed by atoms with Crippen LogP contribution in [0.3, 0.4) is 0 Å². The number of urea groups is 1. The van der Waals surface area contributed by atoms with Crippen molar-refractivity contribution in [3.05, 3.63) is 34.6 Å². The highest BCUT2D eigenvalue weighted by Crippen LogP contribution is 2.36. The van der Waals surface area contributed by atoms with Crippen molar-refractivity contribution in [1.82, 2.24) is 10.2 Å². The highest BCUT2D eigenvalue weighted by molar-refractivity contribution is 6.32. The van der Waals surface area contributed by atoms with Gasteiger partial charge in [-0.15, -0.1) is 0 Å². The number of likely N-dealkylation sites (N-methyl/N-ethyl adjacent to an activating group) is 1. The lowest BCUT2D eigenvalue weighted by Gasteiger charge is -2.31. The van der Waals surface area contributed by atoms with Crippen LogP contribution in [-0.4, -0.2) is 23.8 Å². The van der Waals surface area contributed by atoms with Crippen LogP contribution in [0.2, 0.25) is 5.02 Å². The standard InChI is InChI=1S/C11H11ClFN3O/c1-11(9(14)15-10(17)16(11)2)7-4-3-6(13)5-8(7)12/h3-5H,1-2H3,(H2,14,15,17). The monoisotopic (exact) mass is 255 g/mol. The Bertz CT molecular complexity index is 519. The molecule has 0 aromatic heterocycles. The molecule has 0 aliphatic carbocycles. The first-order chi connectivity index (χ1) is 7.87. The maximum absolute atomic E-state index is 13.0. The summed E-state index contributed by atoms with van der Waals surface area (Å²) in [5, 5.41) is 10.4. The van der Waals surface area contributed by atoms with Crippen molar-refractivity contribution >= 4 is 23.5 Å². The fourth-order valence-electron chi connectivity index (χ4n) is 1.88. The number of carbonyl (C=O) groups excluding carboxylic acids is 1. The van der Waals surface area contributed by atoms with Crippen LogP contribution in [0.5, 0.6) is 0 Å². The zero-order chi connectivity index (χ0) is 12.8. The van der Waals surface area contributed by atoms with Gasteiger partial charge in [0.1, 0.15) is 17.2 Å². The molecule has 4 nitrogen and oxygen atoms in total. The lowest BCUT2D eigenvalue weighted by atomic mass is 9.90. The van der Waals surface area contributed by atoms with E-state index in [4.69, 9.17) is 17.0 Å². The highest BCUT2D eigenvalue weighted by atomic mass is 35.5. The van der Waals surface area contributed by atoms with Gasteiger partial charge in [0.2, 0.25) is 0 Å². The summed E-state index contributed by atoms with van der Waals surface area (Å²) >= 11 is 5.98. The fourth-order valence-corrected chi connectivity index (χ4v) is 2.23. The number of amidine groups is 1. The van der Waals surface area contributed by atoms with E-state index in [0.717, 1.165) is 0 Å². The quantitative estimate of drug-likeness (QED) is 0.795. The van der Waals surface area contributed by atoms with Gasteiger partial charge in [-0.25, -0.2) is 9.18 Å². The number of hydrogen-bond donors (Lipinski definition) is 2. The van der Waals surface area contributed by atoms with E-state index in [1.165, 1.54) is 23.1 Å². The topological polar surface area (TPSA) is 56.2 Å². The molecule has 0 radical (unpaired) electrons. The van der Waals surface area contributed by atoms with Crippen LogP contribution in [0.4, 0.5) is 9.18 Å². The van der Waals surface area contributed by atoms with Crippen LogP contribution in [-0.2, 0) is 5.54 Å². The van der Waals surface area contributed by atoms with Gasteiger partial charge in [-0.2, -0.15) is 0 Å². The molecule has 1 atom stereocenters. The molecule has 0 saturated carbocycles. The first-order valence-electron chi connectivity index (χ1n) is 4.96. The molecule has 2 rings (SSSR count). The van der Waals surface area contributed by atoms with Crippen LogP contribution in [0.25, 0.3) is 0 Å². The predicted molar refractivity (Wildman–Crippen MR) is 62.8 cm³/mol. The molecule has 1 fully saturated rings. The highest BCUT2D eigenvalue weighted by Gasteiger charge is 2.46. The summed E-state index contributed by atoms with van der Waals surface area (Å²) in [6.45, 7) is 1.69. The summed E-state index contributed by atoms with van der Waals surface area (Å²) in [4.78, 5) is 12.9. The Labute approximate surface area is 103 Å². The van der Waals surface area contributed by atoms with Gasteiger partial charge >= 0.3 is 6.03 Å². The summed E-state index contributed by atoms with van der Waals surface area (Å²) in [6.07, 6.45) is 0. The van der Waals surface area contributed by atoms with Crippen molar-refractivity contribution in [2.45, 2.75) is 12.5 Å². The van der Waals surface area contributed by atoms with Crippen molar-refractivity contribution in [1.29, 1.82) is 5.41 Å². The molecule has 1 unspecified atom stereocenters. The minimum atomic E-state index is -0.984. The molecule has 0 bridgehead atoms. The van der Waals surface area contributed by atoms with Crippen molar-refractivity contribution in [3.63, 3.8) is 0 Å². The van der Waals surface area contributed by atoms with Crippen LogP contribution >= 0.6 is 11.6 Å². The molecule has 1 aromatic rings. The van der Waals surface area contributed by atoms with E-state index in [-0.39, 0.29) is 16.9 Å². The number of carbonyl (C=O) groups is 1. The molecule has 2 N–H and O–H groups in total. The minimum Gasteiger partial charge on any atom is -0.311 e. The maximum atomic E-state index is 13.0. The number of nitrogens with zero attached hydrogens (tertiary/aromatic N) is 1. The van der Waals surface area contributed by atoms with Crippen molar-refractivity contribution < 1.29 is 9.18 Å². The number of benzene rings is 1. The molecular weight excluding hydrogens is 245 g/mol. The maximum Gasteiger partial charge on any atom is 0.323 e. The average molecular weight is 256 g/mol. The number of nitrogens with one attached hydrogen (secondary N) is 2. The van der Waals surface area contributed by atoms with Crippen molar-refractivity contribution in [2.75, 3.05) is 7.05 Å². The van der Waals surface area contributed by atoms with Gasteiger partial charge in [-0.05, 0) is 19.1 Å². The summed E-state index contributed by atoms with van der Waals surface area (Å²) < 4.78 is 13.0. The third-order valence-corrected chi connectivity index (χ3v) is 3.46. The molecule has 90 valence electrons. The summed E-state index contributed by atoms with van der Waals surface area (Å²) in [5.41, 5.74) is -0.464. The lowest BCUT2D eigenvalue weighted by molar-refractivity contribution is 0.198. The van der Waals surface area contributed by atoms with Gasteiger partial charge in [0, 0.05) is 17.6 Å². The van der Waals surface area contributed by atoms with Gasteiger partial charge in [-0.1, -0.05) is 17.7 Å². The van der Waals surface area contributed by atoms with Crippen LogP contribution in [0.15, 0.2) is 18.2 Å².